The molecular weight excluding hydrogens is 164 g/mol. The molecule has 1 N–H and O–H groups in total. The van der Waals surface area contributed by atoms with Gasteiger partial charge in [0.15, 0.2) is 0 Å². The van der Waals surface area contributed by atoms with Crippen LogP contribution in [0.25, 0.3) is 0 Å². The maximum Gasteiger partial charge on any atom is 0.0568 e. The molecule has 2 heteroatoms. The number of ether oxygens (including phenoxy) is 1. The fourth-order valence-corrected chi connectivity index (χ4v) is 2.41. The molecule has 0 radical (unpaired) electrons. The van der Waals surface area contributed by atoms with E-state index in [1.54, 1.807) is 7.11 Å². The quantitative estimate of drug-likeness (QED) is 0.729. The van der Waals surface area contributed by atoms with E-state index >= 15 is 0 Å². The smallest absolute Gasteiger partial charge is 0.0568 e. The summed E-state index contributed by atoms with van der Waals surface area (Å²) in [6.07, 6.45) is 4.40. The van der Waals surface area contributed by atoms with E-state index in [4.69, 9.17) is 4.74 Å². The zero-order valence-corrected chi connectivity index (χ0v) is 9.05. The molecule has 1 aliphatic rings. The van der Waals surface area contributed by atoms with E-state index in [1.807, 2.05) is 0 Å². The molecule has 1 rings (SSSR count). The number of aliphatic hydroxyl groups excluding tert-OH is 1. The van der Waals surface area contributed by atoms with Crippen LogP contribution >= 0.6 is 0 Å². The van der Waals surface area contributed by atoms with Crippen LogP contribution in [0.4, 0.5) is 0 Å². The highest BCUT2D eigenvalue weighted by atomic mass is 16.5. The van der Waals surface area contributed by atoms with Crippen LogP contribution in [-0.4, -0.2) is 24.9 Å². The molecule has 0 amide bonds. The van der Waals surface area contributed by atoms with Crippen LogP contribution in [0, 0.1) is 11.3 Å². The SMILES string of the molecule is COCC(C)(C)C[C@@H]1CCC[C@H]1O. The lowest BCUT2D eigenvalue weighted by molar-refractivity contribution is 0.0544. The van der Waals surface area contributed by atoms with Crippen molar-refractivity contribution >= 4 is 0 Å². The van der Waals surface area contributed by atoms with Crippen LogP contribution in [0.3, 0.4) is 0 Å². The minimum Gasteiger partial charge on any atom is -0.393 e. The van der Waals surface area contributed by atoms with E-state index in [0.29, 0.717) is 5.92 Å². The second-order valence-electron chi connectivity index (χ2n) is 5.06. The van der Waals surface area contributed by atoms with Crippen LogP contribution in [0.2, 0.25) is 0 Å². The first-order valence-electron chi connectivity index (χ1n) is 5.22. The first kappa shape index (κ1) is 11.0. The Kier molecular flexibility index (Phi) is 3.74. The van der Waals surface area contributed by atoms with E-state index < -0.39 is 0 Å². The highest BCUT2D eigenvalue weighted by molar-refractivity contribution is 4.82. The lowest BCUT2D eigenvalue weighted by atomic mass is 9.82. The Morgan fingerprint density at radius 1 is 1.38 bits per heavy atom. The van der Waals surface area contributed by atoms with E-state index in [0.717, 1.165) is 19.4 Å². The second kappa shape index (κ2) is 4.43. The zero-order valence-electron chi connectivity index (χ0n) is 9.05. The van der Waals surface area contributed by atoms with Crippen molar-refractivity contribution in [2.24, 2.45) is 11.3 Å². The maximum absolute atomic E-state index is 9.68. The number of hydrogen-bond donors (Lipinski definition) is 1. The van der Waals surface area contributed by atoms with Gasteiger partial charge in [-0.3, -0.25) is 0 Å². The predicted octanol–water partition coefficient (Wildman–Crippen LogP) is 2.21. The average Bonchev–Trinajstić information content (AvgIpc) is 2.35. The Bertz CT molecular complexity index is 154. The van der Waals surface area contributed by atoms with E-state index in [2.05, 4.69) is 13.8 Å². The molecule has 0 aliphatic heterocycles. The molecule has 1 saturated carbocycles. The Hall–Kier alpha value is -0.0800. The molecule has 2 nitrogen and oxygen atoms in total. The van der Waals surface area contributed by atoms with Gasteiger partial charge in [-0.25, -0.2) is 0 Å². The second-order valence-corrected chi connectivity index (χ2v) is 5.06. The monoisotopic (exact) mass is 186 g/mol. The summed E-state index contributed by atoms with van der Waals surface area (Å²) in [5.74, 6) is 0.505. The molecule has 0 aromatic carbocycles. The van der Waals surface area contributed by atoms with E-state index in [-0.39, 0.29) is 11.5 Å². The van der Waals surface area contributed by atoms with Gasteiger partial charge in [0.25, 0.3) is 0 Å². The molecular formula is C11H22O2. The Morgan fingerprint density at radius 3 is 2.54 bits per heavy atom. The van der Waals surface area contributed by atoms with Crippen molar-refractivity contribution in [2.75, 3.05) is 13.7 Å². The van der Waals surface area contributed by atoms with Gasteiger partial charge in [-0.1, -0.05) is 20.3 Å². The molecule has 78 valence electrons. The molecule has 0 saturated heterocycles. The fourth-order valence-electron chi connectivity index (χ4n) is 2.41. The summed E-state index contributed by atoms with van der Waals surface area (Å²) in [4.78, 5) is 0. The largest absolute Gasteiger partial charge is 0.393 e. The fraction of sp³-hybridized carbons (Fsp3) is 1.00. The number of hydrogen-bond acceptors (Lipinski definition) is 2. The van der Waals surface area contributed by atoms with Crippen molar-refractivity contribution < 1.29 is 9.84 Å². The molecule has 1 fully saturated rings. The summed E-state index contributed by atoms with van der Waals surface area (Å²) in [7, 11) is 1.74. The van der Waals surface area contributed by atoms with Crippen molar-refractivity contribution in [1.29, 1.82) is 0 Å². The van der Waals surface area contributed by atoms with Crippen LogP contribution < -0.4 is 0 Å². The first-order valence-corrected chi connectivity index (χ1v) is 5.22. The number of methoxy groups -OCH3 is 1. The third-order valence-corrected chi connectivity index (χ3v) is 2.97. The van der Waals surface area contributed by atoms with Gasteiger partial charge in [0.2, 0.25) is 0 Å². The number of aliphatic hydroxyl groups is 1. The summed E-state index contributed by atoms with van der Waals surface area (Å²) >= 11 is 0. The van der Waals surface area contributed by atoms with Gasteiger partial charge < -0.3 is 9.84 Å². The highest BCUT2D eigenvalue weighted by Gasteiger charge is 2.31. The van der Waals surface area contributed by atoms with Gasteiger partial charge in [0, 0.05) is 7.11 Å². The van der Waals surface area contributed by atoms with Crippen molar-refractivity contribution in [1.82, 2.24) is 0 Å². The minimum absolute atomic E-state index is 0.0591. The summed E-state index contributed by atoms with van der Waals surface area (Å²) in [6.45, 7) is 5.21. The van der Waals surface area contributed by atoms with Crippen LogP contribution in [0.15, 0.2) is 0 Å². The van der Waals surface area contributed by atoms with Crippen LogP contribution in [0.1, 0.15) is 39.5 Å². The van der Waals surface area contributed by atoms with Crippen molar-refractivity contribution in [2.45, 2.75) is 45.6 Å². The molecule has 0 spiro atoms. The minimum atomic E-state index is -0.0591. The van der Waals surface area contributed by atoms with Crippen molar-refractivity contribution in [3.8, 4) is 0 Å². The molecule has 0 heterocycles. The predicted molar refractivity (Wildman–Crippen MR) is 53.6 cm³/mol. The Morgan fingerprint density at radius 2 is 2.08 bits per heavy atom. The highest BCUT2D eigenvalue weighted by Crippen LogP contribution is 2.35. The normalized spacial score (nSPS) is 29.5. The van der Waals surface area contributed by atoms with Gasteiger partial charge in [-0.15, -0.1) is 0 Å². The molecule has 0 bridgehead atoms. The Balaban J connectivity index is 2.37. The zero-order chi connectivity index (χ0) is 9.90. The van der Waals surface area contributed by atoms with Crippen LogP contribution in [-0.2, 0) is 4.74 Å². The van der Waals surface area contributed by atoms with Crippen LogP contribution in [0.5, 0.6) is 0 Å². The third-order valence-electron chi connectivity index (χ3n) is 2.97. The van der Waals surface area contributed by atoms with E-state index in [1.165, 1.54) is 12.8 Å². The summed E-state index contributed by atoms with van der Waals surface area (Å²) in [6, 6.07) is 0. The van der Waals surface area contributed by atoms with E-state index in [9.17, 15) is 5.11 Å². The molecule has 1 aliphatic carbocycles. The first-order chi connectivity index (χ1) is 6.05. The third kappa shape index (κ3) is 3.28. The molecule has 0 aromatic heterocycles. The molecule has 13 heavy (non-hydrogen) atoms. The average molecular weight is 186 g/mol. The summed E-state index contributed by atoms with van der Waals surface area (Å²) < 4.78 is 5.17. The standard InChI is InChI=1S/C11H22O2/c1-11(2,8-13-3)7-9-5-4-6-10(9)12/h9-10,12H,4-8H2,1-3H3/t9-,10+/m0/s1. The van der Waals surface area contributed by atoms with Gasteiger partial charge in [-0.2, -0.15) is 0 Å². The topological polar surface area (TPSA) is 29.5 Å². The molecule has 2 atom stereocenters. The lowest BCUT2D eigenvalue weighted by Gasteiger charge is -2.28. The van der Waals surface area contributed by atoms with Crippen molar-refractivity contribution in [3.05, 3.63) is 0 Å². The maximum atomic E-state index is 9.68. The molecule has 0 unspecified atom stereocenters. The van der Waals surface area contributed by atoms with Gasteiger partial charge in [0.05, 0.1) is 12.7 Å². The summed E-state index contributed by atoms with van der Waals surface area (Å²) in [5.41, 5.74) is 0.213. The lowest BCUT2D eigenvalue weighted by Crippen LogP contribution is -2.26. The summed E-state index contributed by atoms with van der Waals surface area (Å²) in [5, 5.41) is 9.68. The number of rotatable bonds is 4. The van der Waals surface area contributed by atoms with Gasteiger partial charge >= 0.3 is 0 Å². The van der Waals surface area contributed by atoms with Crippen molar-refractivity contribution in [3.63, 3.8) is 0 Å². The Labute approximate surface area is 81.3 Å². The van der Waals surface area contributed by atoms with Gasteiger partial charge in [0.1, 0.15) is 0 Å². The molecule has 0 aromatic rings. The van der Waals surface area contributed by atoms with Gasteiger partial charge in [-0.05, 0) is 30.6 Å².